The third kappa shape index (κ3) is 1.79. The van der Waals surface area contributed by atoms with Crippen molar-refractivity contribution in [2.24, 2.45) is 7.05 Å². The Morgan fingerprint density at radius 2 is 2.11 bits per heavy atom. The van der Waals surface area contributed by atoms with Gasteiger partial charge in [0.15, 0.2) is 0 Å². The summed E-state index contributed by atoms with van der Waals surface area (Å²) in [6, 6.07) is 8.62. The summed E-state index contributed by atoms with van der Waals surface area (Å²) in [4.78, 5) is 0. The van der Waals surface area contributed by atoms with Crippen LogP contribution in [0.2, 0.25) is 0 Å². The summed E-state index contributed by atoms with van der Waals surface area (Å²) in [7, 11) is 1.89. The van der Waals surface area contributed by atoms with E-state index in [1.807, 2.05) is 13.2 Å². The molecule has 4 heteroatoms. The SMILES string of the molecule is CCc1cccc2ccn(Cc3cn(C)nn3)c12. The van der Waals surface area contributed by atoms with Gasteiger partial charge in [-0.1, -0.05) is 30.3 Å². The number of benzene rings is 1. The van der Waals surface area contributed by atoms with E-state index >= 15 is 0 Å². The smallest absolute Gasteiger partial charge is 0.102 e. The fourth-order valence-corrected chi connectivity index (χ4v) is 2.40. The lowest BCUT2D eigenvalue weighted by Crippen LogP contribution is -2.00. The van der Waals surface area contributed by atoms with Crippen molar-refractivity contribution < 1.29 is 0 Å². The highest BCUT2D eigenvalue weighted by Crippen LogP contribution is 2.21. The van der Waals surface area contributed by atoms with Crippen LogP contribution in [0.4, 0.5) is 0 Å². The molecule has 0 atom stereocenters. The Balaban J connectivity index is 2.06. The molecular formula is C14H16N4. The van der Waals surface area contributed by atoms with Crippen molar-refractivity contribution in [2.75, 3.05) is 0 Å². The van der Waals surface area contributed by atoms with Gasteiger partial charge in [-0.2, -0.15) is 0 Å². The Kier molecular flexibility index (Phi) is 2.63. The van der Waals surface area contributed by atoms with Crippen molar-refractivity contribution in [1.82, 2.24) is 19.6 Å². The zero-order chi connectivity index (χ0) is 12.5. The number of nitrogens with zero attached hydrogens (tertiary/aromatic N) is 4. The first-order valence-electron chi connectivity index (χ1n) is 6.20. The van der Waals surface area contributed by atoms with E-state index in [-0.39, 0.29) is 0 Å². The number of aryl methyl sites for hydroxylation is 2. The molecular weight excluding hydrogens is 224 g/mol. The fraction of sp³-hybridized carbons (Fsp3) is 0.286. The summed E-state index contributed by atoms with van der Waals surface area (Å²) < 4.78 is 3.99. The molecule has 0 radical (unpaired) electrons. The maximum Gasteiger partial charge on any atom is 0.102 e. The van der Waals surface area contributed by atoms with Gasteiger partial charge in [-0.25, -0.2) is 0 Å². The Bertz CT molecular complexity index is 678. The lowest BCUT2D eigenvalue weighted by Gasteiger charge is -2.06. The molecule has 92 valence electrons. The lowest BCUT2D eigenvalue weighted by molar-refractivity contribution is 0.711. The minimum absolute atomic E-state index is 0.772. The van der Waals surface area contributed by atoms with E-state index in [1.165, 1.54) is 16.5 Å². The molecule has 3 aromatic rings. The molecule has 1 aromatic carbocycles. The minimum atomic E-state index is 0.772. The quantitative estimate of drug-likeness (QED) is 0.704. The molecule has 2 heterocycles. The Morgan fingerprint density at radius 1 is 1.22 bits per heavy atom. The summed E-state index contributed by atoms with van der Waals surface area (Å²) in [6.45, 7) is 2.96. The fourth-order valence-electron chi connectivity index (χ4n) is 2.40. The second kappa shape index (κ2) is 4.29. The van der Waals surface area contributed by atoms with E-state index < -0.39 is 0 Å². The van der Waals surface area contributed by atoms with Gasteiger partial charge >= 0.3 is 0 Å². The molecule has 0 aliphatic rings. The lowest BCUT2D eigenvalue weighted by atomic mass is 10.1. The summed E-state index contributed by atoms with van der Waals surface area (Å²) >= 11 is 0. The third-order valence-electron chi connectivity index (χ3n) is 3.24. The van der Waals surface area contributed by atoms with Crippen molar-refractivity contribution >= 4 is 10.9 Å². The van der Waals surface area contributed by atoms with Crippen molar-refractivity contribution in [3.63, 3.8) is 0 Å². The zero-order valence-electron chi connectivity index (χ0n) is 10.7. The molecule has 0 aliphatic carbocycles. The molecule has 4 nitrogen and oxygen atoms in total. The van der Waals surface area contributed by atoms with Crippen LogP contribution in [0.25, 0.3) is 10.9 Å². The van der Waals surface area contributed by atoms with Crippen LogP contribution in [0, 0.1) is 0 Å². The molecule has 0 aliphatic heterocycles. The van der Waals surface area contributed by atoms with Gasteiger partial charge in [0, 0.05) is 19.4 Å². The Hall–Kier alpha value is -2.10. The molecule has 0 amide bonds. The number of rotatable bonds is 3. The van der Waals surface area contributed by atoms with Crippen LogP contribution < -0.4 is 0 Å². The molecule has 0 spiro atoms. The second-order valence-electron chi connectivity index (χ2n) is 4.54. The predicted octanol–water partition coefficient (Wildman–Crippen LogP) is 2.38. The van der Waals surface area contributed by atoms with Gasteiger partial charge in [0.1, 0.15) is 5.69 Å². The number of aromatic nitrogens is 4. The Labute approximate surface area is 106 Å². The molecule has 2 aromatic heterocycles. The predicted molar refractivity (Wildman–Crippen MR) is 71.4 cm³/mol. The topological polar surface area (TPSA) is 35.6 Å². The normalized spacial score (nSPS) is 11.2. The average molecular weight is 240 g/mol. The van der Waals surface area contributed by atoms with Crippen LogP contribution in [-0.4, -0.2) is 19.6 Å². The maximum absolute atomic E-state index is 4.15. The summed E-state index contributed by atoms with van der Waals surface area (Å²) in [5.74, 6) is 0. The largest absolute Gasteiger partial charge is 0.341 e. The highest BCUT2D eigenvalue weighted by molar-refractivity contribution is 5.83. The van der Waals surface area contributed by atoms with Crippen LogP contribution >= 0.6 is 0 Å². The zero-order valence-corrected chi connectivity index (χ0v) is 10.7. The second-order valence-corrected chi connectivity index (χ2v) is 4.54. The van der Waals surface area contributed by atoms with Crippen LogP contribution in [0.1, 0.15) is 18.2 Å². The highest BCUT2D eigenvalue weighted by atomic mass is 15.4. The van der Waals surface area contributed by atoms with E-state index in [9.17, 15) is 0 Å². The van der Waals surface area contributed by atoms with E-state index in [4.69, 9.17) is 0 Å². The van der Waals surface area contributed by atoms with E-state index in [0.717, 1.165) is 18.7 Å². The van der Waals surface area contributed by atoms with E-state index in [1.54, 1.807) is 4.68 Å². The standard InChI is InChI=1S/C14H16N4/c1-3-11-5-4-6-12-7-8-18(14(11)12)10-13-9-17(2)16-15-13/h4-9H,3,10H2,1-2H3. The summed E-state index contributed by atoms with van der Waals surface area (Å²) in [6.07, 6.45) is 5.13. The monoisotopic (exact) mass is 240 g/mol. The highest BCUT2D eigenvalue weighted by Gasteiger charge is 2.07. The average Bonchev–Trinajstić information content (AvgIpc) is 2.97. The van der Waals surface area contributed by atoms with E-state index in [2.05, 4.69) is 52.3 Å². The molecule has 0 saturated carbocycles. The number of para-hydroxylation sites is 1. The van der Waals surface area contributed by atoms with Crippen molar-refractivity contribution in [2.45, 2.75) is 19.9 Å². The van der Waals surface area contributed by atoms with Crippen LogP contribution in [0.15, 0.2) is 36.7 Å². The molecule has 18 heavy (non-hydrogen) atoms. The minimum Gasteiger partial charge on any atom is -0.341 e. The van der Waals surface area contributed by atoms with Gasteiger partial charge < -0.3 is 4.57 Å². The van der Waals surface area contributed by atoms with Crippen molar-refractivity contribution in [3.8, 4) is 0 Å². The first-order chi connectivity index (χ1) is 8.78. The number of hydrogen-bond donors (Lipinski definition) is 0. The maximum atomic E-state index is 4.15. The van der Waals surface area contributed by atoms with Gasteiger partial charge in [0.05, 0.1) is 12.1 Å². The first-order valence-corrected chi connectivity index (χ1v) is 6.20. The van der Waals surface area contributed by atoms with Gasteiger partial charge in [0.25, 0.3) is 0 Å². The Morgan fingerprint density at radius 3 is 2.83 bits per heavy atom. The molecule has 0 bridgehead atoms. The molecule has 0 N–H and O–H groups in total. The van der Waals surface area contributed by atoms with Gasteiger partial charge in [-0.3, -0.25) is 4.68 Å². The molecule has 0 fully saturated rings. The molecule has 0 unspecified atom stereocenters. The first kappa shape index (κ1) is 11.0. The third-order valence-corrected chi connectivity index (χ3v) is 3.24. The van der Waals surface area contributed by atoms with Gasteiger partial charge in [-0.05, 0) is 23.4 Å². The van der Waals surface area contributed by atoms with Gasteiger partial charge in [-0.15, -0.1) is 5.10 Å². The number of fused-ring (bicyclic) bond motifs is 1. The van der Waals surface area contributed by atoms with Crippen LogP contribution in [0.5, 0.6) is 0 Å². The van der Waals surface area contributed by atoms with Crippen LogP contribution in [0.3, 0.4) is 0 Å². The van der Waals surface area contributed by atoms with Crippen molar-refractivity contribution in [3.05, 3.63) is 47.9 Å². The number of hydrogen-bond acceptors (Lipinski definition) is 2. The molecule has 0 saturated heterocycles. The molecule has 3 rings (SSSR count). The van der Waals surface area contributed by atoms with Crippen LogP contribution in [-0.2, 0) is 20.0 Å². The van der Waals surface area contributed by atoms with Crippen molar-refractivity contribution in [1.29, 1.82) is 0 Å². The van der Waals surface area contributed by atoms with Gasteiger partial charge in [0.2, 0.25) is 0 Å². The summed E-state index contributed by atoms with van der Waals surface area (Å²) in [5, 5.41) is 9.41. The summed E-state index contributed by atoms with van der Waals surface area (Å²) in [5.41, 5.74) is 3.67. The van der Waals surface area contributed by atoms with E-state index in [0.29, 0.717) is 0 Å².